The second kappa shape index (κ2) is 7.92. The van der Waals surface area contributed by atoms with E-state index in [0.29, 0.717) is 19.6 Å². The number of thiazole rings is 1. The van der Waals surface area contributed by atoms with Gasteiger partial charge < -0.3 is 14.7 Å². The Labute approximate surface area is 162 Å². The molecule has 1 aromatic heterocycles. The molecule has 1 unspecified atom stereocenters. The van der Waals surface area contributed by atoms with Gasteiger partial charge in [0.2, 0.25) is 5.91 Å². The fourth-order valence-corrected chi connectivity index (χ4v) is 3.50. The van der Waals surface area contributed by atoms with E-state index in [9.17, 15) is 14.7 Å². The highest BCUT2D eigenvalue weighted by Gasteiger charge is 2.41. The normalized spacial score (nSPS) is 19.6. The lowest BCUT2D eigenvalue weighted by Crippen LogP contribution is -2.34. The highest BCUT2D eigenvalue weighted by molar-refractivity contribution is 7.09. The zero-order valence-corrected chi connectivity index (χ0v) is 16.2. The first-order chi connectivity index (χ1) is 12.9. The zero-order chi connectivity index (χ0) is 19.4. The maximum atomic E-state index is 12.3. The van der Waals surface area contributed by atoms with Crippen LogP contribution >= 0.6 is 11.3 Å². The Bertz CT molecular complexity index is 859. The van der Waals surface area contributed by atoms with E-state index in [1.807, 2.05) is 36.6 Å². The molecule has 0 bridgehead atoms. The van der Waals surface area contributed by atoms with Crippen molar-refractivity contribution in [2.24, 2.45) is 5.41 Å². The lowest BCUT2D eigenvalue weighted by atomic mass is 9.90. The molecule has 27 heavy (non-hydrogen) atoms. The third-order valence-electron chi connectivity index (χ3n) is 4.65. The Balaban J connectivity index is 1.53. The molecule has 1 N–H and O–H groups in total. The van der Waals surface area contributed by atoms with Gasteiger partial charge in [-0.1, -0.05) is 12.1 Å². The van der Waals surface area contributed by atoms with Gasteiger partial charge in [-0.05, 0) is 44.0 Å². The van der Waals surface area contributed by atoms with E-state index >= 15 is 0 Å². The van der Waals surface area contributed by atoms with Gasteiger partial charge in [-0.2, -0.15) is 0 Å². The molecule has 1 amide bonds. The van der Waals surface area contributed by atoms with Crippen LogP contribution in [0.5, 0.6) is 5.75 Å². The van der Waals surface area contributed by atoms with Gasteiger partial charge in [0.25, 0.3) is 0 Å². The Morgan fingerprint density at radius 3 is 2.70 bits per heavy atom. The van der Waals surface area contributed by atoms with E-state index in [1.165, 1.54) is 6.08 Å². The van der Waals surface area contributed by atoms with Crippen molar-refractivity contribution >= 4 is 29.3 Å². The van der Waals surface area contributed by atoms with Crippen LogP contribution in [0.3, 0.4) is 0 Å². The van der Waals surface area contributed by atoms with Crippen LogP contribution in [-0.4, -0.2) is 40.0 Å². The summed E-state index contributed by atoms with van der Waals surface area (Å²) in [5, 5.41) is 12.2. The van der Waals surface area contributed by atoms with Gasteiger partial charge in [-0.3, -0.25) is 9.59 Å². The molecule has 2 aromatic rings. The van der Waals surface area contributed by atoms with Gasteiger partial charge in [0.1, 0.15) is 12.4 Å². The van der Waals surface area contributed by atoms with E-state index in [1.54, 1.807) is 29.2 Å². The molecule has 1 aromatic carbocycles. The summed E-state index contributed by atoms with van der Waals surface area (Å²) in [6, 6.07) is 7.44. The average Bonchev–Trinajstić information content (AvgIpc) is 3.25. The van der Waals surface area contributed by atoms with Crippen molar-refractivity contribution in [3.05, 3.63) is 52.0 Å². The number of carboxylic acids is 1. The van der Waals surface area contributed by atoms with Crippen LogP contribution in [-0.2, 0) is 16.2 Å². The summed E-state index contributed by atoms with van der Waals surface area (Å²) in [7, 11) is 0. The largest absolute Gasteiger partial charge is 0.487 e. The van der Waals surface area contributed by atoms with Crippen LogP contribution in [0.15, 0.2) is 35.7 Å². The monoisotopic (exact) mass is 386 g/mol. The van der Waals surface area contributed by atoms with E-state index in [0.717, 1.165) is 22.0 Å². The van der Waals surface area contributed by atoms with Crippen LogP contribution < -0.4 is 4.74 Å². The predicted octanol–water partition coefficient (Wildman–Crippen LogP) is 3.37. The minimum Gasteiger partial charge on any atom is -0.487 e. The molecule has 0 radical (unpaired) electrons. The number of aromatic nitrogens is 1. The maximum absolute atomic E-state index is 12.3. The van der Waals surface area contributed by atoms with Gasteiger partial charge in [0.05, 0.1) is 16.1 Å². The second-order valence-corrected chi connectivity index (χ2v) is 7.99. The standard InChI is InChI=1S/C20H22N2O4S/c1-14-21-16(12-27-14)11-26-17-6-3-15(4-7-17)5-8-18(23)22-10-9-20(2,13-22)19(24)25/h3-8,12H,9-11,13H2,1-2H3,(H,24,25). The Morgan fingerprint density at radius 1 is 1.37 bits per heavy atom. The molecule has 1 aliphatic rings. The molecule has 1 saturated heterocycles. The van der Waals surface area contributed by atoms with Crippen LogP contribution in [0.25, 0.3) is 6.08 Å². The van der Waals surface area contributed by atoms with Crippen molar-refractivity contribution in [1.82, 2.24) is 9.88 Å². The van der Waals surface area contributed by atoms with Crippen molar-refractivity contribution in [3.63, 3.8) is 0 Å². The summed E-state index contributed by atoms with van der Waals surface area (Å²) in [6.45, 7) is 4.78. The summed E-state index contributed by atoms with van der Waals surface area (Å²) in [5.74, 6) is -0.287. The number of aryl methyl sites for hydroxylation is 1. The van der Waals surface area contributed by atoms with Crippen LogP contribution in [0.4, 0.5) is 0 Å². The number of carbonyl (C=O) groups excluding carboxylic acids is 1. The fraction of sp³-hybridized carbons (Fsp3) is 0.350. The van der Waals surface area contributed by atoms with Crippen LogP contribution in [0, 0.1) is 12.3 Å². The smallest absolute Gasteiger partial charge is 0.311 e. The number of benzene rings is 1. The third-order valence-corrected chi connectivity index (χ3v) is 5.48. The molecule has 6 nitrogen and oxygen atoms in total. The van der Waals surface area contributed by atoms with E-state index in [-0.39, 0.29) is 12.5 Å². The SMILES string of the molecule is Cc1nc(COc2ccc(C=CC(=O)N3CCC(C)(C(=O)O)C3)cc2)cs1. The van der Waals surface area contributed by atoms with Gasteiger partial charge >= 0.3 is 5.97 Å². The summed E-state index contributed by atoms with van der Waals surface area (Å²) in [4.78, 5) is 29.5. The third kappa shape index (κ3) is 4.74. The number of carboxylic acid groups (broad SMARTS) is 1. The zero-order valence-electron chi connectivity index (χ0n) is 15.3. The number of hydrogen-bond donors (Lipinski definition) is 1. The molecule has 0 aliphatic carbocycles. The van der Waals surface area contributed by atoms with Gasteiger partial charge in [-0.25, -0.2) is 4.98 Å². The molecular weight excluding hydrogens is 364 g/mol. The minimum absolute atomic E-state index is 0.167. The first-order valence-corrected chi connectivity index (χ1v) is 9.58. The molecule has 0 spiro atoms. The molecular formula is C20H22N2O4S. The molecule has 0 saturated carbocycles. The van der Waals surface area contributed by atoms with E-state index < -0.39 is 11.4 Å². The quantitative estimate of drug-likeness (QED) is 0.770. The highest BCUT2D eigenvalue weighted by atomic mass is 32.1. The van der Waals surface area contributed by atoms with Gasteiger partial charge in [0.15, 0.2) is 0 Å². The number of aliphatic carboxylic acids is 1. The lowest BCUT2D eigenvalue weighted by molar-refractivity contribution is -0.147. The lowest BCUT2D eigenvalue weighted by Gasteiger charge is -2.18. The maximum Gasteiger partial charge on any atom is 0.311 e. The minimum atomic E-state index is -0.856. The van der Waals surface area contributed by atoms with Crippen molar-refractivity contribution in [3.8, 4) is 5.75 Å². The molecule has 1 aliphatic heterocycles. The molecule has 1 fully saturated rings. The van der Waals surface area contributed by atoms with Gasteiger partial charge in [0, 0.05) is 24.5 Å². The highest BCUT2D eigenvalue weighted by Crippen LogP contribution is 2.30. The summed E-state index contributed by atoms with van der Waals surface area (Å²) >= 11 is 1.59. The molecule has 3 rings (SSSR count). The van der Waals surface area contributed by atoms with Crippen molar-refractivity contribution < 1.29 is 19.4 Å². The number of amides is 1. The first-order valence-electron chi connectivity index (χ1n) is 8.70. The van der Waals surface area contributed by atoms with E-state index in [2.05, 4.69) is 4.98 Å². The number of hydrogen-bond acceptors (Lipinski definition) is 5. The van der Waals surface area contributed by atoms with Crippen molar-refractivity contribution in [2.45, 2.75) is 26.9 Å². The molecule has 7 heteroatoms. The Morgan fingerprint density at radius 2 is 2.11 bits per heavy atom. The fourth-order valence-electron chi connectivity index (χ4n) is 2.90. The summed E-state index contributed by atoms with van der Waals surface area (Å²) in [5.41, 5.74) is 0.935. The Kier molecular flexibility index (Phi) is 5.60. The number of likely N-dealkylation sites (tertiary alicyclic amines) is 1. The number of nitrogens with zero attached hydrogens (tertiary/aromatic N) is 2. The Hall–Kier alpha value is -2.67. The second-order valence-electron chi connectivity index (χ2n) is 6.92. The average molecular weight is 386 g/mol. The molecule has 1 atom stereocenters. The van der Waals surface area contributed by atoms with Gasteiger partial charge in [-0.15, -0.1) is 11.3 Å². The van der Waals surface area contributed by atoms with Crippen LogP contribution in [0.2, 0.25) is 0 Å². The molecule has 142 valence electrons. The first kappa shape index (κ1) is 19.1. The summed E-state index contributed by atoms with van der Waals surface area (Å²) in [6.07, 6.45) is 3.69. The number of rotatable bonds is 6. The van der Waals surface area contributed by atoms with Crippen molar-refractivity contribution in [1.29, 1.82) is 0 Å². The molecule has 2 heterocycles. The summed E-state index contributed by atoms with van der Waals surface area (Å²) < 4.78 is 5.70. The van der Waals surface area contributed by atoms with Crippen molar-refractivity contribution in [2.75, 3.05) is 13.1 Å². The van der Waals surface area contributed by atoms with E-state index in [4.69, 9.17) is 4.74 Å². The number of ether oxygens (including phenoxy) is 1. The topological polar surface area (TPSA) is 79.7 Å². The van der Waals surface area contributed by atoms with Crippen LogP contribution in [0.1, 0.15) is 29.6 Å². The number of carbonyl (C=O) groups is 2. The predicted molar refractivity (Wildman–Crippen MR) is 104 cm³/mol.